The summed E-state index contributed by atoms with van der Waals surface area (Å²) in [4.78, 5) is 10.8. The summed E-state index contributed by atoms with van der Waals surface area (Å²) >= 11 is 2.28. The van der Waals surface area contributed by atoms with Crippen molar-refractivity contribution < 1.29 is 0 Å². The van der Waals surface area contributed by atoms with Crippen LogP contribution in [0.25, 0.3) is 0 Å². The number of anilines is 2. The Kier molecular flexibility index (Phi) is 4.56. The van der Waals surface area contributed by atoms with Gasteiger partial charge >= 0.3 is 0 Å². The number of halogens is 1. The van der Waals surface area contributed by atoms with Gasteiger partial charge in [0, 0.05) is 20.6 Å². The van der Waals surface area contributed by atoms with Crippen molar-refractivity contribution in [3.63, 3.8) is 0 Å². The van der Waals surface area contributed by atoms with Crippen molar-refractivity contribution >= 4 is 34.4 Å². The molecule has 0 aliphatic rings. The second-order valence-electron chi connectivity index (χ2n) is 3.59. The fourth-order valence-corrected chi connectivity index (χ4v) is 1.54. The van der Waals surface area contributed by atoms with Crippen molar-refractivity contribution in [2.75, 3.05) is 30.9 Å². The third kappa shape index (κ3) is 3.19. The molecule has 84 valence electrons. The van der Waals surface area contributed by atoms with E-state index in [-0.39, 0.29) is 0 Å². The summed E-state index contributed by atoms with van der Waals surface area (Å²) in [7, 11) is 3.90. The van der Waals surface area contributed by atoms with Crippen LogP contribution in [0.2, 0.25) is 0 Å². The number of nitrogens with zero attached hydrogens (tertiary/aromatic N) is 3. The van der Waals surface area contributed by atoms with Crippen molar-refractivity contribution in [3.05, 3.63) is 9.26 Å². The highest BCUT2D eigenvalue weighted by atomic mass is 127. The number of aryl methyl sites for hydroxylation is 1. The summed E-state index contributed by atoms with van der Waals surface area (Å²) in [5.74, 6) is 1.69. The van der Waals surface area contributed by atoms with E-state index < -0.39 is 0 Å². The summed E-state index contributed by atoms with van der Waals surface area (Å²) < 4.78 is 1.10. The predicted molar refractivity (Wildman–Crippen MR) is 72.6 cm³/mol. The van der Waals surface area contributed by atoms with Gasteiger partial charge in [-0.1, -0.05) is 6.92 Å². The Balaban J connectivity index is 3.02. The molecule has 0 aromatic carbocycles. The molecule has 0 aliphatic heterocycles. The van der Waals surface area contributed by atoms with E-state index in [9.17, 15) is 0 Å². The summed E-state index contributed by atoms with van der Waals surface area (Å²) in [6.07, 6.45) is 1.09. The van der Waals surface area contributed by atoms with Gasteiger partial charge in [-0.25, -0.2) is 4.98 Å². The molecular weight excluding hydrogens is 303 g/mol. The minimum Gasteiger partial charge on any atom is -0.369 e. The average molecular weight is 320 g/mol. The third-order valence-corrected chi connectivity index (χ3v) is 3.24. The van der Waals surface area contributed by atoms with Crippen molar-refractivity contribution in [1.82, 2.24) is 9.97 Å². The molecule has 0 aliphatic carbocycles. The first-order valence-electron chi connectivity index (χ1n) is 5.01. The van der Waals surface area contributed by atoms with Gasteiger partial charge in [0.05, 0.1) is 9.26 Å². The van der Waals surface area contributed by atoms with Gasteiger partial charge in [-0.2, -0.15) is 4.98 Å². The van der Waals surface area contributed by atoms with E-state index in [1.54, 1.807) is 0 Å². The molecule has 0 saturated heterocycles. The lowest BCUT2D eigenvalue weighted by molar-refractivity contribution is 0.934. The minimum absolute atomic E-state index is 0.756. The first-order valence-corrected chi connectivity index (χ1v) is 6.09. The van der Waals surface area contributed by atoms with Crippen LogP contribution in [0.4, 0.5) is 11.8 Å². The Labute approximate surface area is 105 Å². The number of nitrogens with one attached hydrogen (secondary N) is 1. The second kappa shape index (κ2) is 5.48. The normalized spacial score (nSPS) is 10.2. The maximum atomic E-state index is 4.47. The summed E-state index contributed by atoms with van der Waals surface area (Å²) in [5.41, 5.74) is 1.02. The van der Waals surface area contributed by atoms with Gasteiger partial charge in [0.25, 0.3) is 0 Å². The number of aromatic nitrogens is 2. The molecule has 1 N–H and O–H groups in total. The highest BCUT2D eigenvalue weighted by molar-refractivity contribution is 14.1. The van der Waals surface area contributed by atoms with Gasteiger partial charge in [-0.05, 0) is 35.9 Å². The zero-order valence-corrected chi connectivity index (χ0v) is 11.8. The molecule has 0 spiro atoms. The Hall–Kier alpha value is -0.590. The van der Waals surface area contributed by atoms with Crippen LogP contribution >= 0.6 is 22.6 Å². The fourth-order valence-electron chi connectivity index (χ4n) is 1.11. The molecule has 0 fully saturated rings. The molecule has 15 heavy (non-hydrogen) atoms. The van der Waals surface area contributed by atoms with Gasteiger partial charge in [0.2, 0.25) is 5.95 Å². The molecule has 1 heterocycles. The largest absolute Gasteiger partial charge is 0.369 e. The average Bonchev–Trinajstić information content (AvgIpc) is 2.19. The summed E-state index contributed by atoms with van der Waals surface area (Å²) in [6, 6.07) is 0. The maximum Gasteiger partial charge on any atom is 0.227 e. The van der Waals surface area contributed by atoms with Crippen LogP contribution in [0.5, 0.6) is 0 Å². The van der Waals surface area contributed by atoms with Crippen molar-refractivity contribution in [3.8, 4) is 0 Å². The van der Waals surface area contributed by atoms with E-state index in [4.69, 9.17) is 0 Å². The molecule has 0 saturated carbocycles. The maximum absolute atomic E-state index is 4.47. The minimum atomic E-state index is 0.756. The number of hydrogen-bond acceptors (Lipinski definition) is 4. The van der Waals surface area contributed by atoms with Gasteiger partial charge in [0.1, 0.15) is 5.82 Å². The van der Waals surface area contributed by atoms with Crippen LogP contribution in [0, 0.1) is 10.5 Å². The van der Waals surface area contributed by atoms with Crippen LogP contribution in [-0.2, 0) is 0 Å². The van der Waals surface area contributed by atoms with E-state index >= 15 is 0 Å². The monoisotopic (exact) mass is 320 g/mol. The van der Waals surface area contributed by atoms with Gasteiger partial charge < -0.3 is 10.2 Å². The topological polar surface area (TPSA) is 41.1 Å². The molecule has 5 heteroatoms. The molecule has 0 atom stereocenters. The molecule has 1 rings (SSSR count). The molecule has 0 amide bonds. The van der Waals surface area contributed by atoms with Crippen LogP contribution in [0.3, 0.4) is 0 Å². The van der Waals surface area contributed by atoms with E-state index in [0.717, 1.165) is 34.0 Å². The Bertz CT molecular complexity index is 338. The predicted octanol–water partition coefficient (Wildman–Crippen LogP) is 2.28. The van der Waals surface area contributed by atoms with Crippen LogP contribution in [-0.4, -0.2) is 30.6 Å². The molecule has 0 bridgehead atoms. The zero-order valence-electron chi connectivity index (χ0n) is 9.63. The quantitative estimate of drug-likeness (QED) is 0.864. The zero-order chi connectivity index (χ0) is 11.4. The second-order valence-corrected chi connectivity index (χ2v) is 4.67. The van der Waals surface area contributed by atoms with E-state index in [1.165, 1.54) is 0 Å². The van der Waals surface area contributed by atoms with Crippen molar-refractivity contribution in [2.45, 2.75) is 20.3 Å². The van der Waals surface area contributed by atoms with Crippen molar-refractivity contribution in [2.24, 2.45) is 0 Å². The lowest BCUT2D eigenvalue weighted by atomic mass is 10.4. The van der Waals surface area contributed by atoms with Crippen LogP contribution < -0.4 is 10.2 Å². The highest BCUT2D eigenvalue weighted by Crippen LogP contribution is 2.21. The SMILES string of the molecule is CCCNc1nc(N(C)C)nc(C)c1I. The third-order valence-electron chi connectivity index (χ3n) is 1.95. The molecular formula is C10H17IN4. The Morgan fingerprint density at radius 2 is 2.00 bits per heavy atom. The van der Waals surface area contributed by atoms with E-state index in [1.807, 2.05) is 25.9 Å². The molecule has 0 unspecified atom stereocenters. The number of hydrogen-bond donors (Lipinski definition) is 1. The van der Waals surface area contributed by atoms with Gasteiger partial charge in [-0.15, -0.1) is 0 Å². The van der Waals surface area contributed by atoms with Crippen LogP contribution in [0.15, 0.2) is 0 Å². The fraction of sp³-hybridized carbons (Fsp3) is 0.600. The first kappa shape index (κ1) is 12.5. The number of rotatable bonds is 4. The molecule has 1 aromatic heterocycles. The first-order chi connectivity index (χ1) is 7.06. The summed E-state index contributed by atoms with van der Waals surface area (Å²) in [5, 5.41) is 3.31. The lowest BCUT2D eigenvalue weighted by Gasteiger charge is -2.14. The van der Waals surface area contributed by atoms with Gasteiger partial charge in [-0.3, -0.25) is 0 Å². The highest BCUT2D eigenvalue weighted by Gasteiger charge is 2.09. The van der Waals surface area contributed by atoms with E-state index in [2.05, 4.69) is 44.8 Å². The van der Waals surface area contributed by atoms with E-state index in [0.29, 0.717) is 0 Å². The molecule has 0 radical (unpaired) electrons. The standard InChI is InChI=1S/C10H17IN4/c1-5-6-12-9-8(11)7(2)13-10(14-9)15(3)4/h5-6H2,1-4H3,(H,12,13,14). The Morgan fingerprint density at radius 3 is 2.53 bits per heavy atom. The van der Waals surface area contributed by atoms with Crippen molar-refractivity contribution in [1.29, 1.82) is 0 Å². The lowest BCUT2D eigenvalue weighted by Crippen LogP contribution is -2.16. The van der Waals surface area contributed by atoms with Gasteiger partial charge in [0.15, 0.2) is 0 Å². The van der Waals surface area contributed by atoms with Crippen LogP contribution in [0.1, 0.15) is 19.0 Å². The summed E-state index contributed by atoms with van der Waals surface area (Å²) in [6.45, 7) is 5.09. The molecule has 4 nitrogen and oxygen atoms in total. The smallest absolute Gasteiger partial charge is 0.227 e. The molecule has 1 aromatic rings. The Morgan fingerprint density at radius 1 is 1.33 bits per heavy atom.